The van der Waals surface area contributed by atoms with Crippen LogP contribution in [0.3, 0.4) is 0 Å². The summed E-state index contributed by atoms with van der Waals surface area (Å²) in [6.45, 7) is 3.17. The molecule has 0 aliphatic carbocycles. The Morgan fingerprint density at radius 2 is 2.15 bits per heavy atom. The lowest BCUT2D eigenvalue weighted by molar-refractivity contribution is -0.135. The molecule has 2 fully saturated rings. The quantitative estimate of drug-likeness (QED) is 0.857. The Labute approximate surface area is 151 Å². The lowest BCUT2D eigenvalue weighted by Crippen LogP contribution is -2.57. The zero-order chi connectivity index (χ0) is 17.9. The highest BCUT2D eigenvalue weighted by Gasteiger charge is 2.32. The molecule has 0 aromatic carbocycles. The highest BCUT2D eigenvalue weighted by molar-refractivity contribution is 5.92. The summed E-state index contributed by atoms with van der Waals surface area (Å²) < 4.78 is 1.63. The fraction of sp³-hybridized carbons (Fsp3) is 0.444. The third kappa shape index (κ3) is 3.32. The highest BCUT2D eigenvalue weighted by Crippen LogP contribution is 2.19. The number of carbonyl (C=O) groups excluding carboxylic acids is 2. The van der Waals surface area contributed by atoms with Crippen molar-refractivity contribution in [1.82, 2.24) is 29.9 Å². The Kier molecular flexibility index (Phi) is 4.66. The molecule has 2 saturated heterocycles. The van der Waals surface area contributed by atoms with Gasteiger partial charge in [0.25, 0.3) is 5.91 Å². The van der Waals surface area contributed by atoms with Crippen molar-refractivity contribution in [2.75, 3.05) is 32.7 Å². The number of amides is 2. The van der Waals surface area contributed by atoms with Crippen LogP contribution < -0.4 is 5.32 Å². The van der Waals surface area contributed by atoms with E-state index in [0.717, 1.165) is 19.4 Å². The maximum Gasteiger partial charge on any atom is 0.272 e. The Morgan fingerprint density at radius 3 is 2.96 bits per heavy atom. The van der Waals surface area contributed by atoms with Crippen molar-refractivity contribution >= 4 is 11.8 Å². The fourth-order valence-corrected chi connectivity index (χ4v) is 3.64. The molecule has 0 saturated carbocycles. The average Bonchev–Trinajstić information content (AvgIpc) is 3.23. The van der Waals surface area contributed by atoms with Crippen LogP contribution in [-0.4, -0.2) is 75.1 Å². The zero-order valence-electron chi connectivity index (χ0n) is 14.5. The number of hydrogen-bond donors (Lipinski definition) is 1. The summed E-state index contributed by atoms with van der Waals surface area (Å²) in [5.74, 6) is 0.646. The molecule has 2 amide bonds. The summed E-state index contributed by atoms with van der Waals surface area (Å²) in [6, 6.07) is 7.28. The molecule has 1 atom stereocenters. The van der Waals surface area contributed by atoms with Gasteiger partial charge in [0, 0.05) is 44.6 Å². The Hall–Kier alpha value is -2.74. The normalized spacial score (nSPS) is 21.1. The second-order valence-corrected chi connectivity index (χ2v) is 6.64. The van der Waals surface area contributed by atoms with E-state index in [2.05, 4.69) is 15.4 Å². The van der Waals surface area contributed by atoms with Gasteiger partial charge in [-0.25, -0.2) is 9.67 Å². The van der Waals surface area contributed by atoms with E-state index < -0.39 is 0 Å². The van der Waals surface area contributed by atoms with Crippen molar-refractivity contribution < 1.29 is 9.59 Å². The number of aromatic nitrogens is 3. The van der Waals surface area contributed by atoms with Gasteiger partial charge in [0.1, 0.15) is 5.69 Å². The SMILES string of the molecule is O=C(c1cccc(-n2cccn2)n1)N1CCCC(N2CCNCC2=O)C1. The summed E-state index contributed by atoms with van der Waals surface area (Å²) in [5, 5.41) is 7.25. The minimum Gasteiger partial charge on any atom is -0.336 e. The van der Waals surface area contributed by atoms with E-state index in [0.29, 0.717) is 37.7 Å². The standard InChI is InChI=1S/C18H22N6O2/c25-17-12-19-8-11-23(17)14-4-2-9-22(13-14)18(26)15-5-1-6-16(21-15)24-10-3-7-20-24/h1,3,5-7,10,14,19H,2,4,8-9,11-13H2. The van der Waals surface area contributed by atoms with Crippen LogP contribution in [0.5, 0.6) is 0 Å². The maximum atomic E-state index is 12.9. The average molecular weight is 354 g/mol. The molecule has 8 heteroatoms. The highest BCUT2D eigenvalue weighted by atomic mass is 16.2. The molecule has 8 nitrogen and oxygen atoms in total. The molecule has 2 aliphatic rings. The number of pyridine rings is 1. The van der Waals surface area contributed by atoms with Gasteiger partial charge in [-0.05, 0) is 31.0 Å². The minimum atomic E-state index is -0.0914. The molecular formula is C18H22N6O2. The van der Waals surface area contributed by atoms with Crippen molar-refractivity contribution in [1.29, 1.82) is 0 Å². The molecule has 2 aromatic rings. The van der Waals surface area contributed by atoms with Crippen molar-refractivity contribution in [3.8, 4) is 5.82 Å². The summed E-state index contributed by atoms with van der Waals surface area (Å²) in [6.07, 6.45) is 5.31. The van der Waals surface area contributed by atoms with E-state index in [1.807, 2.05) is 28.0 Å². The van der Waals surface area contributed by atoms with Gasteiger partial charge < -0.3 is 15.1 Å². The van der Waals surface area contributed by atoms with Crippen LogP contribution in [0.2, 0.25) is 0 Å². The van der Waals surface area contributed by atoms with E-state index >= 15 is 0 Å². The third-order valence-corrected chi connectivity index (χ3v) is 4.94. The van der Waals surface area contributed by atoms with Crippen LogP contribution in [0.15, 0.2) is 36.7 Å². The number of piperazine rings is 1. The van der Waals surface area contributed by atoms with Gasteiger partial charge in [-0.1, -0.05) is 6.07 Å². The number of carbonyl (C=O) groups is 2. The Morgan fingerprint density at radius 1 is 1.23 bits per heavy atom. The fourth-order valence-electron chi connectivity index (χ4n) is 3.64. The second-order valence-electron chi connectivity index (χ2n) is 6.64. The van der Waals surface area contributed by atoms with Crippen molar-refractivity contribution in [3.05, 3.63) is 42.4 Å². The first-order valence-electron chi connectivity index (χ1n) is 8.99. The molecule has 0 radical (unpaired) electrons. The first kappa shape index (κ1) is 16.7. The lowest BCUT2D eigenvalue weighted by Gasteiger charge is -2.41. The summed E-state index contributed by atoms with van der Waals surface area (Å²) in [7, 11) is 0. The smallest absolute Gasteiger partial charge is 0.272 e. The van der Waals surface area contributed by atoms with Gasteiger partial charge in [-0.2, -0.15) is 5.10 Å². The number of nitrogens with one attached hydrogen (secondary N) is 1. The first-order valence-corrected chi connectivity index (χ1v) is 8.99. The molecule has 2 aromatic heterocycles. The molecule has 2 aliphatic heterocycles. The van der Waals surface area contributed by atoms with Gasteiger partial charge in [-0.15, -0.1) is 0 Å². The molecule has 0 spiro atoms. The number of rotatable bonds is 3. The maximum absolute atomic E-state index is 12.9. The molecule has 4 heterocycles. The van der Waals surface area contributed by atoms with Crippen molar-refractivity contribution in [2.24, 2.45) is 0 Å². The van der Waals surface area contributed by atoms with Gasteiger partial charge in [0.2, 0.25) is 5.91 Å². The summed E-state index contributed by atoms with van der Waals surface area (Å²) in [5.41, 5.74) is 0.408. The number of nitrogens with zero attached hydrogens (tertiary/aromatic N) is 5. The summed E-state index contributed by atoms with van der Waals surface area (Å²) in [4.78, 5) is 33.3. The third-order valence-electron chi connectivity index (χ3n) is 4.94. The topological polar surface area (TPSA) is 83.4 Å². The monoisotopic (exact) mass is 354 g/mol. The van der Waals surface area contributed by atoms with Crippen molar-refractivity contribution in [2.45, 2.75) is 18.9 Å². The van der Waals surface area contributed by atoms with Crippen LogP contribution in [0.1, 0.15) is 23.3 Å². The zero-order valence-corrected chi connectivity index (χ0v) is 14.5. The van der Waals surface area contributed by atoms with Gasteiger partial charge in [0.05, 0.1) is 6.54 Å². The summed E-state index contributed by atoms with van der Waals surface area (Å²) >= 11 is 0. The predicted molar refractivity (Wildman–Crippen MR) is 94.9 cm³/mol. The largest absolute Gasteiger partial charge is 0.336 e. The van der Waals surface area contributed by atoms with E-state index in [9.17, 15) is 9.59 Å². The Balaban J connectivity index is 1.49. The van der Waals surface area contributed by atoms with E-state index in [1.54, 1.807) is 23.1 Å². The first-order chi connectivity index (χ1) is 12.7. The molecule has 136 valence electrons. The minimum absolute atomic E-state index is 0.0914. The Bertz CT molecular complexity index is 791. The number of likely N-dealkylation sites (tertiary alicyclic amines) is 1. The van der Waals surface area contributed by atoms with Gasteiger partial charge >= 0.3 is 0 Å². The van der Waals surface area contributed by atoms with Crippen LogP contribution in [0.25, 0.3) is 5.82 Å². The van der Waals surface area contributed by atoms with E-state index in [4.69, 9.17) is 0 Å². The van der Waals surface area contributed by atoms with Gasteiger partial charge in [0.15, 0.2) is 5.82 Å². The van der Waals surface area contributed by atoms with Crippen LogP contribution in [0.4, 0.5) is 0 Å². The molecular weight excluding hydrogens is 332 g/mol. The predicted octanol–water partition coefficient (Wildman–Crippen LogP) is 0.304. The number of hydrogen-bond acceptors (Lipinski definition) is 5. The second kappa shape index (κ2) is 7.25. The number of piperidine rings is 1. The molecule has 1 unspecified atom stereocenters. The molecule has 4 rings (SSSR count). The van der Waals surface area contributed by atoms with Crippen LogP contribution in [0, 0.1) is 0 Å². The van der Waals surface area contributed by atoms with Gasteiger partial charge in [-0.3, -0.25) is 9.59 Å². The van der Waals surface area contributed by atoms with Crippen molar-refractivity contribution in [3.63, 3.8) is 0 Å². The van der Waals surface area contributed by atoms with E-state index in [1.165, 1.54) is 0 Å². The van der Waals surface area contributed by atoms with Crippen LogP contribution >= 0.6 is 0 Å². The van der Waals surface area contributed by atoms with Crippen LogP contribution in [-0.2, 0) is 4.79 Å². The van der Waals surface area contributed by atoms with E-state index in [-0.39, 0.29) is 17.9 Å². The lowest BCUT2D eigenvalue weighted by atomic mass is 10.0. The molecule has 1 N–H and O–H groups in total. The molecule has 26 heavy (non-hydrogen) atoms. The molecule has 0 bridgehead atoms.